The molecule has 1 aliphatic heterocycles. The second kappa shape index (κ2) is 9.20. The van der Waals surface area contributed by atoms with Gasteiger partial charge in [0.15, 0.2) is 5.16 Å². The molecular weight excluding hydrogens is 398 g/mol. The lowest BCUT2D eigenvalue weighted by Crippen LogP contribution is -2.38. The van der Waals surface area contributed by atoms with Crippen molar-refractivity contribution in [3.05, 3.63) is 34.6 Å². The van der Waals surface area contributed by atoms with Crippen LogP contribution in [0.15, 0.2) is 34.2 Å². The maximum atomic E-state index is 13.1. The van der Waals surface area contributed by atoms with E-state index < -0.39 is 0 Å². The average Bonchev–Trinajstić information content (AvgIpc) is 3.19. The van der Waals surface area contributed by atoms with Crippen LogP contribution >= 0.6 is 11.8 Å². The molecule has 0 radical (unpaired) electrons. The van der Waals surface area contributed by atoms with Crippen LogP contribution in [-0.4, -0.2) is 48.8 Å². The number of benzene rings is 1. The van der Waals surface area contributed by atoms with E-state index in [-0.39, 0.29) is 11.5 Å². The third-order valence-electron chi connectivity index (χ3n) is 5.92. The Morgan fingerprint density at radius 2 is 1.93 bits per heavy atom. The van der Waals surface area contributed by atoms with E-state index in [1.54, 1.807) is 4.57 Å². The summed E-state index contributed by atoms with van der Waals surface area (Å²) in [6.07, 6.45) is 5.21. The summed E-state index contributed by atoms with van der Waals surface area (Å²) in [6.45, 7) is 6.67. The van der Waals surface area contributed by atoms with Gasteiger partial charge < -0.3 is 4.90 Å². The van der Waals surface area contributed by atoms with Crippen molar-refractivity contribution in [2.45, 2.75) is 57.7 Å². The number of fused-ring (bicyclic) bond motifs is 3. The lowest BCUT2D eigenvalue weighted by atomic mass is 9.99. The van der Waals surface area contributed by atoms with Crippen LogP contribution in [0.5, 0.6) is 0 Å². The molecular formula is C22H29N5O2S. The van der Waals surface area contributed by atoms with Crippen molar-refractivity contribution in [3.8, 4) is 0 Å². The minimum Gasteiger partial charge on any atom is -0.342 e. The molecule has 1 amide bonds. The Bertz CT molecular complexity index is 1100. The number of hydrogen-bond acceptors (Lipinski definition) is 5. The summed E-state index contributed by atoms with van der Waals surface area (Å²) in [4.78, 5) is 27.7. The van der Waals surface area contributed by atoms with Gasteiger partial charge in [-0.05, 0) is 37.3 Å². The molecule has 0 bridgehead atoms. The number of aryl methyl sites for hydroxylation is 1. The number of rotatable bonds is 7. The lowest BCUT2D eigenvalue weighted by molar-refractivity contribution is -0.129. The maximum Gasteiger partial charge on any atom is 0.262 e. The molecule has 160 valence electrons. The highest BCUT2D eigenvalue weighted by molar-refractivity contribution is 7.99. The standard InChI is InChI=1S/C22H29N5O2S/c1-3-4-7-12-26-20(29)17-8-5-6-9-18(17)27-21(26)23-24-22(27)30-15-19(28)25-13-10-16(2)11-14-25/h5-6,8-9,16H,3-4,7,10-15H2,1-2H3. The fourth-order valence-electron chi connectivity index (χ4n) is 4.02. The van der Waals surface area contributed by atoms with Crippen LogP contribution in [0.1, 0.15) is 46.0 Å². The summed E-state index contributed by atoms with van der Waals surface area (Å²) < 4.78 is 3.65. The topological polar surface area (TPSA) is 72.5 Å². The number of amides is 1. The minimum absolute atomic E-state index is 0.0309. The first kappa shape index (κ1) is 20.9. The number of unbranched alkanes of at least 4 members (excludes halogenated alkanes) is 2. The van der Waals surface area contributed by atoms with Crippen molar-refractivity contribution >= 4 is 34.3 Å². The number of thioether (sulfide) groups is 1. The summed E-state index contributed by atoms with van der Waals surface area (Å²) >= 11 is 1.40. The Labute approximate surface area is 180 Å². The zero-order valence-corrected chi connectivity index (χ0v) is 18.5. The Morgan fingerprint density at radius 1 is 1.17 bits per heavy atom. The van der Waals surface area contributed by atoms with Crippen molar-refractivity contribution < 1.29 is 4.79 Å². The fourth-order valence-corrected chi connectivity index (χ4v) is 4.87. The first-order chi connectivity index (χ1) is 14.6. The molecule has 0 aliphatic carbocycles. The molecule has 1 aromatic carbocycles. The van der Waals surface area contributed by atoms with Gasteiger partial charge in [-0.15, -0.1) is 10.2 Å². The second-order valence-electron chi connectivity index (χ2n) is 8.15. The molecule has 4 rings (SSSR count). The first-order valence-corrected chi connectivity index (χ1v) is 11.9. The molecule has 1 fully saturated rings. The van der Waals surface area contributed by atoms with E-state index in [0.717, 1.165) is 50.7 Å². The van der Waals surface area contributed by atoms with Gasteiger partial charge in [0.05, 0.1) is 16.7 Å². The molecule has 8 heteroatoms. The van der Waals surface area contributed by atoms with Gasteiger partial charge in [-0.3, -0.25) is 18.6 Å². The second-order valence-corrected chi connectivity index (χ2v) is 9.09. The SMILES string of the molecule is CCCCCn1c(=O)c2ccccc2n2c(SCC(=O)N3CCC(C)CC3)nnc12. The summed E-state index contributed by atoms with van der Waals surface area (Å²) in [6, 6.07) is 7.56. The number of hydrogen-bond donors (Lipinski definition) is 0. The van der Waals surface area contributed by atoms with Crippen LogP contribution in [0.25, 0.3) is 16.7 Å². The van der Waals surface area contributed by atoms with E-state index >= 15 is 0 Å². The number of carbonyl (C=O) groups is 1. The number of para-hydroxylation sites is 1. The number of nitrogens with zero attached hydrogens (tertiary/aromatic N) is 5. The van der Waals surface area contributed by atoms with E-state index in [2.05, 4.69) is 24.0 Å². The lowest BCUT2D eigenvalue weighted by Gasteiger charge is -2.30. The first-order valence-electron chi connectivity index (χ1n) is 10.9. The molecule has 0 saturated carbocycles. The molecule has 3 heterocycles. The van der Waals surface area contributed by atoms with Crippen molar-refractivity contribution in [1.82, 2.24) is 24.1 Å². The van der Waals surface area contributed by atoms with E-state index in [0.29, 0.717) is 34.5 Å². The number of piperidine rings is 1. The van der Waals surface area contributed by atoms with E-state index in [1.807, 2.05) is 33.6 Å². The van der Waals surface area contributed by atoms with Gasteiger partial charge in [-0.1, -0.05) is 50.6 Å². The Balaban J connectivity index is 1.64. The highest BCUT2D eigenvalue weighted by Crippen LogP contribution is 2.23. The average molecular weight is 428 g/mol. The van der Waals surface area contributed by atoms with E-state index in [4.69, 9.17) is 0 Å². The third kappa shape index (κ3) is 4.10. The van der Waals surface area contributed by atoms with Crippen molar-refractivity contribution in [2.24, 2.45) is 5.92 Å². The highest BCUT2D eigenvalue weighted by atomic mass is 32.2. The summed E-state index contributed by atoms with van der Waals surface area (Å²) in [5.41, 5.74) is 0.757. The number of aromatic nitrogens is 4. The predicted molar refractivity (Wildman–Crippen MR) is 120 cm³/mol. The molecule has 0 N–H and O–H groups in total. The molecule has 2 aromatic heterocycles. The smallest absolute Gasteiger partial charge is 0.262 e. The maximum absolute atomic E-state index is 13.1. The fraction of sp³-hybridized carbons (Fsp3) is 0.545. The molecule has 7 nitrogen and oxygen atoms in total. The van der Waals surface area contributed by atoms with Crippen molar-refractivity contribution in [1.29, 1.82) is 0 Å². The van der Waals surface area contributed by atoms with Crippen LogP contribution in [-0.2, 0) is 11.3 Å². The molecule has 0 spiro atoms. The summed E-state index contributed by atoms with van der Waals surface area (Å²) in [5, 5.41) is 10.00. The summed E-state index contributed by atoms with van der Waals surface area (Å²) in [5.74, 6) is 1.72. The van der Waals surface area contributed by atoms with E-state index in [1.165, 1.54) is 11.8 Å². The minimum atomic E-state index is -0.0309. The van der Waals surface area contributed by atoms with Gasteiger partial charge >= 0.3 is 0 Å². The van der Waals surface area contributed by atoms with Crippen LogP contribution in [0.2, 0.25) is 0 Å². The molecule has 3 aromatic rings. The largest absolute Gasteiger partial charge is 0.342 e. The zero-order chi connectivity index (χ0) is 21.1. The predicted octanol–water partition coefficient (Wildman–Crippen LogP) is 3.59. The van der Waals surface area contributed by atoms with Crippen LogP contribution in [0.3, 0.4) is 0 Å². The molecule has 1 saturated heterocycles. The third-order valence-corrected chi connectivity index (χ3v) is 6.84. The van der Waals surface area contributed by atoms with Gasteiger partial charge in [0.2, 0.25) is 11.7 Å². The van der Waals surface area contributed by atoms with Crippen LogP contribution in [0.4, 0.5) is 0 Å². The Kier molecular flexibility index (Phi) is 6.41. The van der Waals surface area contributed by atoms with Gasteiger partial charge in [0.25, 0.3) is 5.56 Å². The van der Waals surface area contributed by atoms with Crippen LogP contribution < -0.4 is 5.56 Å². The normalized spacial score (nSPS) is 15.3. The number of carbonyl (C=O) groups excluding carboxylic acids is 1. The van der Waals surface area contributed by atoms with Gasteiger partial charge in [-0.2, -0.15) is 0 Å². The zero-order valence-electron chi connectivity index (χ0n) is 17.7. The van der Waals surface area contributed by atoms with Crippen molar-refractivity contribution in [2.75, 3.05) is 18.8 Å². The molecule has 0 atom stereocenters. The number of likely N-dealkylation sites (tertiary alicyclic amines) is 1. The molecule has 0 unspecified atom stereocenters. The molecule has 30 heavy (non-hydrogen) atoms. The van der Waals surface area contributed by atoms with E-state index in [9.17, 15) is 9.59 Å². The summed E-state index contributed by atoms with van der Waals surface area (Å²) in [7, 11) is 0. The molecule has 1 aliphatic rings. The Morgan fingerprint density at radius 3 is 2.70 bits per heavy atom. The highest BCUT2D eigenvalue weighted by Gasteiger charge is 2.22. The quantitative estimate of drug-likeness (QED) is 0.426. The van der Waals surface area contributed by atoms with Gasteiger partial charge in [-0.25, -0.2) is 0 Å². The van der Waals surface area contributed by atoms with Gasteiger partial charge in [0, 0.05) is 19.6 Å². The Hall–Kier alpha value is -2.35. The van der Waals surface area contributed by atoms with Gasteiger partial charge in [0.1, 0.15) is 0 Å². The monoisotopic (exact) mass is 427 g/mol. The van der Waals surface area contributed by atoms with Crippen LogP contribution in [0, 0.1) is 5.92 Å². The van der Waals surface area contributed by atoms with Crippen molar-refractivity contribution in [3.63, 3.8) is 0 Å².